The first kappa shape index (κ1) is 20.1. The van der Waals surface area contributed by atoms with Crippen LogP contribution in [0.15, 0.2) is 69.8 Å². The van der Waals surface area contributed by atoms with Crippen LogP contribution in [-0.2, 0) is 14.6 Å². The SMILES string of the molecule is COC(=O)c1ccc(NC(=O)c2ccc(S(=O)(=O)c3ccc(Cl)cc3)s2)cc1. The highest BCUT2D eigenvalue weighted by molar-refractivity contribution is 7.93. The third kappa shape index (κ3) is 4.24. The molecular formula is C19H14ClNO5S2. The van der Waals surface area contributed by atoms with Gasteiger partial charge in [-0.05, 0) is 60.7 Å². The number of benzene rings is 2. The molecule has 9 heteroatoms. The number of hydrogen-bond acceptors (Lipinski definition) is 6. The van der Waals surface area contributed by atoms with Gasteiger partial charge in [0, 0.05) is 10.7 Å². The number of carbonyl (C=O) groups excluding carboxylic acids is 2. The molecule has 0 aliphatic heterocycles. The molecule has 1 heterocycles. The minimum absolute atomic E-state index is 0.0565. The van der Waals surface area contributed by atoms with E-state index in [0.29, 0.717) is 16.3 Å². The van der Waals surface area contributed by atoms with Crippen LogP contribution in [0.25, 0.3) is 0 Å². The molecule has 28 heavy (non-hydrogen) atoms. The summed E-state index contributed by atoms with van der Waals surface area (Å²) in [5, 5.41) is 3.10. The van der Waals surface area contributed by atoms with Gasteiger partial charge in [0.15, 0.2) is 0 Å². The lowest BCUT2D eigenvalue weighted by molar-refractivity contribution is 0.0600. The normalized spacial score (nSPS) is 11.1. The molecule has 0 saturated heterocycles. The molecule has 0 atom stereocenters. The van der Waals surface area contributed by atoms with Crippen molar-refractivity contribution in [3.63, 3.8) is 0 Å². The molecule has 0 unspecified atom stereocenters. The molecule has 6 nitrogen and oxygen atoms in total. The molecular weight excluding hydrogens is 422 g/mol. The van der Waals surface area contributed by atoms with Gasteiger partial charge in [-0.25, -0.2) is 13.2 Å². The molecule has 2 aromatic carbocycles. The number of methoxy groups -OCH3 is 1. The number of ether oxygens (including phenoxy) is 1. The Labute approximate surface area is 170 Å². The number of sulfone groups is 1. The third-order valence-corrected chi connectivity index (χ3v) is 7.36. The van der Waals surface area contributed by atoms with Crippen LogP contribution in [0, 0.1) is 0 Å². The summed E-state index contributed by atoms with van der Waals surface area (Å²) < 4.78 is 30.0. The number of esters is 1. The maximum atomic E-state index is 12.7. The maximum Gasteiger partial charge on any atom is 0.337 e. The van der Waals surface area contributed by atoms with E-state index in [-0.39, 0.29) is 14.0 Å². The van der Waals surface area contributed by atoms with Gasteiger partial charge in [-0.15, -0.1) is 11.3 Å². The summed E-state index contributed by atoms with van der Waals surface area (Å²) in [6, 6.07) is 14.8. The van der Waals surface area contributed by atoms with Gasteiger partial charge < -0.3 is 10.1 Å². The van der Waals surface area contributed by atoms with Crippen LogP contribution in [0.2, 0.25) is 5.02 Å². The van der Waals surface area contributed by atoms with Crippen molar-refractivity contribution < 1.29 is 22.7 Å². The number of thiophene rings is 1. The largest absolute Gasteiger partial charge is 0.465 e. The lowest BCUT2D eigenvalue weighted by Crippen LogP contribution is -2.10. The minimum Gasteiger partial charge on any atom is -0.465 e. The number of rotatable bonds is 5. The van der Waals surface area contributed by atoms with Gasteiger partial charge in [-0.3, -0.25) is 4.79 Å². The van der Waals surface area contributed by atoms with Crippen molar-refractivity contribution >= 4 is 50.3 Å². The molecule has 1 amide bonds. The van der Waals surface area contributed by atoms with Crippen LogP contribution in [0.4, 0.5) is 5.69 Å². The van der Waals surface area contributed by atoms with Gasteiger partial charge in [0.05, 0.1) is 22.4 Å². The fourth-order valence-electron chi connectivity index (χ4n) is 2.32. The molecule has 0 aliphatic rings. The average Bonchev–Trinajstić information content (AvgIpc) is 3.19. The average molecular weight is 436 g/mol. The van der Waals surface area contributed by atoms with Crippen LogP contribution in [-0.4, -0.2) is 27.4 Å². The Kier molecular flexibility index (Phi) is 5.83. The van der Waals surface area contributed by atoms with Crippen molar-refractivity contribution in [2.45, 2.75) is 9.10 Å². The van der Waals surface area contributed by atoms with Crippen molar-refractivity contribution in [3.05, 3.63) is 76.1 Å². The predicted molar refractivity (Wildman–Crippen MR) is 107 cm³/mol. The summed E-state index contributed by atoms with van der Waals surface area (Å²) in [5.41, 5.74) is 0.820. The first-order valence-electron chi connectivity index (χ1n) is 7.91. The van der Waals surface area contributed by atoms with E-state index >= 15 is 0 Å². The van der Waals surface area contributed by atoms with E-state index in [0.717, 1.165) is 11.3 Å². The predicted octanol–water partition coefficient (Wildman–Crippen LogP) is 4.27. The van der Waals surface area contributed by atoms with Gasteiger partial charge in [-0.1, -0.05) is 11.6 Å². The van der Waals surface area contributed by atoms with Gasteiger partial charge >= 0.3 is 5.97 Å². The molecule has 0 bridgehead atoms. The Hall–Kier alpha value is -2.68. The van der Waals surface area contributed by atoms with Crippen molar-refractivity contribution in [3.8, 4) is 0 Å². The molecule has 3 aromatic rings. The van der Waals surface area contributed by atoms with Crippen molar-refractivity contribution in [1.82, 2.24) is 0 Å². The Morgan fingerprint density at radius 1 is 0.964 bits per heavy atom. The Balaban J connectivity index is 1.77. The van der Waals surface area contributed by atoms with Gasteiger partial charge in [-0.2, -0.15) is 0 Å². The Morgan fingerprint density at radius 3 is 2.21 bits per heavy atom. The van der Waals surface area contributed by atoms with E-state index in [4.69, 9.17) is 11.6 Å². The highest BCUT2D eigenvalue weighted by Crippen LogP contribution is 2.29. The van der Waals surface area contributed by atoms with Crippen LogP contribution in [0.5, 0.6) is 0 Å². The van der Waals surface area contributed by atoms with E-state index < -0.39 is 21.7 Å². The highest BCUT2D eigenvalue weighted by atomic mass is 35.5. The second-order valence-corrected chi connectivity index (χ2v) is 9.30. The zero-order chi connectivity index (χ0) is 20.3. The molecule has 1 N–H and O–H groups in total. The van der Waals surface area contributed by atoms with Crippen LogP contribution < -0.4 is 5.32 Å². The monoisotopic (exact) mass is 435 g/mol. The number of nitrogens with one attached hydrogen (secondary N) is 1. The summed E-state index contributed by atoms with van der Waals surface area (Å²) in [4.78, 5) is 24.2. The minimum atomic E-state index is -3.73. The fourth-order valence-corrected chi connectivity index (χ4v) is 5.05. The third-order valence-electron chi connectivity index (χ3n) is 3.76. The summed E-state index contributed by atoms with van der Waals surface area (Å²) in [5.74, 6) is -0.929. The van der Waals surface area contributed by atoms with E-state index in [9.17, 15) is 18.0 Å². The zero-order valence-corrected chi connectivity index (χ0v) is 16.9. The standard InChI is InChI=1S/C19H14ClNO5S2/c1-26-19(23)12-2-6-14(7-3-12)21-18(22)16-10-11-17(27-16)28(24,25)15-8-4-13(20)5-9-15/h2-11H,1H3,(H,21,22). The van der Waals surface area contributed by atoms with Gasteiger partial charge in [0.25, 0.3) is 5.91 Å². The van der Waals surface area contributed by atoms with Gasteiger partial charge in [0.1, 0.15) is 4.21 Å². The second kappa shape index (κ2) is 8.14. The maximum absolute atomic E-state index is 12.7. The second-order valence-electron chi connectivity index (χ2n) is 5.60. The molecule has 0 saturated carbocycles. The van der Waals surface area contributed by atoms with E-state index in [1.54, 1.807) is 12.1 Å². The van der Waals surface area contributed by atoms with E-state index in [1.165, 1.54) is 55.6 Å². The van der Waals surface area contributed by atoms with Crippen molar-refractivity contribution in [1.29, 1.82) is 0 Å². The summed E-state index contributed by atoms with van der Waals surface area (Å²) in [6.07, 6.45) is 0. The fraction of sp³-hybridized carbons (Fsp3) is 0.0526. The van der Waals surface area contributed by atoms with Crippen LogP contribution >= 0.6 is 22.9 Å². The Bertz CT molecular complexity index is 1120. The summed E-state index contributed by atoms with van der Waals surface area (Å²) in [7, 11) is -2.45. The number of halogens is 1. The molecule has 3 rings (SSSR count). The Morgan fingerprint density at radius 2 is 1.61 bits per heavy atom. The molecule has 1 aromatic heterocycles. The van der Waals surface area contributed by atoms with E-state index in [2.05, 4.69) is 10.1 Å². The number of anilines is 1. The lowest BCUT2D eigenvalue weighted by Gasteiger charge is -2.05. The quantitative estimate of drug-likeness (QED) is 0.604. The van der Waals surface area contributed by atoms with E-state index in [1.807, 2.05) is 0 Å². The van der Waals surface area contributed by atoms with Crippen molar-refractivity contribution in [2.75, 3.05) is 12.4 Å². The number of hydrogen-bond donors (Lipinski definition) is 1. The molecule has 0 radical (unpaired) electrons. The lowest BCUT2D eigenvalue weighted by atomic mass is 10.2. The molecule has 0 fully saturated rings. The zero-order valence-electron chi connectivity index (χ0n) is 14.5. The molecule has 0 aliphatic carbocycles. The summed E-state index contributed by atoms with van der Waals surface area (Å²) >= 11 is 6.67. The summed E-state index contributed by atoms with van der Waals surface area (Å²) in [6.45, 7) is 0. The van der Waals surface area contributed by atoms with Gasteiger partial charge in [0.2, 0.25) is 9.84 Å². The van der Waals surface area contributed by atoms with Crippen LogP contribution in [0.3, 0.4) is 0 Å². The molecule has 144 valence electrons. The topological polar surface area (TPSA) is 89.5 Å². The molecule has 0 spiro atoms. The van der Waals surface area contributed by atoms with Crippen LogP contribution in [0.1, 0.15) is 20.0 Å². The first-order valence-corrected chi connectivity index (χ1v) is 10.6. The number of carbonyl (C=O) groups is 2. The van der Waals surface area contributed by atoms with Crippen molar-refractivity contribution in [2.24, 2.45) is 0 Å². The first-order chi connectivity index (χ1) is 13.3. The highest BCUT2D eigenvalue weighted by Gasteiger charge is 2.21. The number of amides is 1. The smallest absolute Gasteiger partial charge is 0.337 e.